The van der Waals surface area contributed by atoms with Crippen LogP contribution in [0.15, 0.2) is 188 Å². The molecule has 8 aromatic carbocycles. The van der Waals surface area contributed by atoms with Gasteiger partial charge in [0, 0.05) is 5.56 Å². The second kappa shape index (κ2) is 12.8. The lowest BCUT2D eigenvalue weighted by atomic mass is 9.82. The summed E-state index contributed by atoms with van der Waals surface area (Å²) in [6.07, 6.45) is 9.02. The van der Waals surface area contributed by atoms with Crippen LogP contribution in [0.2, 0.25) is 0 Å². The van der Waals surface area contributed by atoms with Crippen molar-refractivity contribution in [2.45, 2.75) is 6.92 Å². The largest absolute Gasteiger partial charge is 0.405 e. The highest BCUT2D eigenvalue weighted by Gasteiger charge is 2.20. The average Bonchev–Trinajstić information content (AvgIpc) is 3.17. The maximum Gasteiger partial charge on any atom is 0.0612 e. The smallest absolute Gasteiger partial charge is 0.0612 e. The second-order valence-corrected chi connectivity index (χ2v) is 12.6. The fourth-order valence-electron chi connectivity index (χ4n) is 7.50. The molecular weight excluding hydrogens is 605 g/mol. The van der Waals surface area contributed by atoms with Crippen molar-refractivity contribution in [3.8, 4) is 22.3 Å². The van der Waals surface area contributed by atoms with Crippen molar-refractivity contribution in [2.75, 3.05) is 0 Å². The molecule has 0 aliphatic rings. The summed E-state index contributed by atoms with van der Waals surface area (Å²) >= 11 is 0. The predicted octanol–water partition coefficient (Wildman–Crippen LogP) is 12.7. The fourth-order valence-corrected chi connectivity index (χ4v) is 7.50. The van der Waals surface area contributed by atoms with Gasteiger partial charge in [-0.25, -0.2) is 0 Å². The predicted molar refractivity (Wildman–Crippen MR) is 217 cm³/mol. The van der Waals surface area contributed by atoms with Gasteiger partial charge in [0.2, 0.25) is 0 Å². The molecule has 0 aromatic heterocycles. The molecule has 8 aromatic rings. The molecule has 0 fully saturated rings. The van der Waals surface area contributed by atoms with Crippen LogP contribution in [0.3, 0.4) is 0 Å². The normalized spacial score (nSPS) is 12.3. The number of hydrogen-bond donors (Lipinski definition) is 2. The van der Waals surface area contributed by atoms with Crippen molar-refractivity contribution in [1.29, 1.82) is 5.41 Å². The molecule has 238 valence electrons. The quantitative estimate of drug-likeness (QED) is 0.0774. The molecule has 0 spiro atoms. The van der Waals surface area contributed by atoms with Gasteiger partial charge in [-0.1, -0.05) is 146 Å². The Bertz CT molecular complexity index is 2750. The van der Waals surface area contributed by atoms with Crippen LogP contribution >= 0.6 is 0 Å². The Morgan fingerprint density at radius 1 is 0.520 bits per heavy atom. The molecule has 0 unspecified atom stereocenters. The van der Waals surface area contributed by atoms with Crippen LogP contribution in [0.5, 0.6) is 0 Å². The molecule has 0 heterocycles. The van der Waals surface area contributed by atoms with E-state index < -0.39 is 0 Å². The van der Waals surface area contributed by atoms with E-state index in [1.54, 1.807) is 0 Å². The Hall–Kier alpha value is -6.51. The van der Waals surface area contributed by atoms with Crippen molar-refractivity contribution in [2.24, 2.45) is 5.73 Å². The lowest BCUT2D eigenvalue weighted by Crippen LogP contribution is -1.98. The lowest BCUT2D eigenvalue weighted by molar-refractivity contribution is 1.47. The van der Waals surface area contributed by atoms with Crippen LogP contribution < -0.4 is 5.73 Å². The molecule has 3 N–H and O–H groups in total. The molecule has 0 radical (unpaired) electrons. The number of rotatable bonds is 7. The van der Waals surface area contributed by atoms with Crippen LogP contribution in [-0.2, 0) is 0 Å². The molecule has 0 aliphatic carbocycles. The topological polar surface area (TPSA) is 49.9 Å². The summed E-state index contributed by atoms with van der Waals surface area (Å²) in [5.41, 5.74) is 13.4. The van der Waals surface area contributed by atoms with Gasteiger partial charge >= 0.3 is 0 Å². The minimum absolute atomic E-state index is 0.412. The highest BCUT2D eigenvalue weighted by molar-refractivity contribution is 6.27. The molecule has 0 amide bonds. The summed E-state index contributed by atoms with van der Waals surface area (Å²) in [5, 5.41) is 21.2. The Morgan fingerprint density at radius 3 is 1.82 bits per heavy atom. The minimum Gasteiger partial charge on any atom is -0.405 e. The van der Waals surface area contributed by atoms with Crippen LogP contribution in [0.4, 0.5) is 0 Å². The van der Waals surface area contributed by atoms with Gasteiger partial charge in [0.25, 0.3) is 0 Å². The zero-order chi connectivity index (χ0) is 34.2. The number of hydrogen-bond acceptors (Lipinski definition) is 2. The third kappa shape index (κ3) is 5.19. The van der Waals surface area contributed by atoms with Gasteiger partial charge in [-0.2, -0.15) is 0 Å². The Kier molecular flexibility index (Phi) is 7.91. The molecule has 0 saturated carbocycles. The van der Waals surface area contributed by atoms with Crippen molar-refractivity contribution in [1.82, 2.24) is 0 Å². The Morgan fingerprint density at radius 2 is 1.10 bits per heavy atom. The van der Waals surface area contributed by atoms with E-state index in [0.29, 0.717) is 5.71 Å². The average molecular weight is 641 g/mol. The zero-order valence-electron chi connectivity index (χ0n) is 28.0. The number of nitrogens with one attached hydrogen (secondary N) is 1. The molecule has 0 aliphatic heterocycles. The summed E-state index contributed by atoms with van der Waals surface area (Å²) in [6.45, 7) is 6.17. The zero-order valence-corrected chi connectivity index (χ0v) is 28.0. The van der Waals surface area contributed by atoms with E-state index in [4.69, 9.17) is 5.73 Å². The molecule has 50 heavy (non-hydrogen) atoms. The standard InChI is InChI=1S/C48H36N2/c1-3-32(27-28-49)31(2)23-26-46(50)35-24-25-43-45(30-35)47(40-22-12-15-33-13-4-6-16-36(33)40)41-20-10-11-21-42(41)48(43)44-29-34-14-5-7-17-37(34)38-18-8-9-19-39(38)44/h3-30,50H,2,49H2,1H3/b26-23-,28-27-,32-3+,50-46?. The molecule has 8 rings (SSSR count). The highest BCUT2D eigenvalue weighted by Crippen LogP contribution is 2.47. The van der Waals surface area contributed by atoms with Crippen LogP contribution in [0.1, 0.15) is 12.5 Å². The summed E-state index contributed by atoms with van der Waals surface area (Å²) in [6, 6.07) is 50.2. The number of allylic oxidation sites excluding steroid dienone is 6. The molecular formula is C48H36N2. The SMILES string of the molecule is C=C(/C=C\C(=N)c1ccc2c(-c3cc4ccccc4c4ccccc34)c3ccccc3c(-c3cccc4ccccc34)c2c1)C(/C=C\N)=C/C. The first kappa shape index (κ1) is 30.8. The lowest BCUT2D eigenvalue weighted by Gasteiger charge is -2.21. The van der Waals surface area contributed by atoms with Crippen molar-refractivity contribution in [3.63, 3.8) is 0 Å². The maximum absolute atomic E-state index is 9.19. The third-order valence-corrected chi connectivity index (χ3v) is 9.84. The maximum atomic E-state index is 9.19. The van der Waals surface area contributed by atoms with Gasteiger partial charge in [0.05, 0.1) is 5.71 Å². The first-order valence-electron chi connectivity index (χ1n) is 17.0. The van der Waals surface area contributed by atoms with Crippen molar-refractivity contribution >= 4 is 59.6 Å². The van der Waals surface area contributed by atoms with E-state index in [0.717, 1.165) is 27.5 Å². The summed E-state index contributed by atoms with van der Waals surface area (Å²) in [7, 11) is 0. The fraction of sp³-hybridized carbons (Fsp3) is 0.0208. The van der Waals surface area contributed by atoms with Gasteiger partial charge in [-0.3, -0.25) is 0 Å². The van der Waals surface area contributed by atoms with Gasteiger partial charge in [-0.15, -0.1) is 0 Å². The van der Waals surface area contributed by atoms with Crippen molar-refractivity contribution in [3.05, 3.63) is 193 Å². The molecule has 2 nitrogen and oxygen atoms in total. The molecule has 0 saturated heterocycles. The van der Waals surface area contributed by atoms with Gasteiger partial charge in [-0.05, 0) is 125 Å². The number of nitrogens with two attached hydrogens (primary N) is 1. The Balaban J connectivity index is 1.47. The minimum atomic E-state index is 0.412. The van der Waals surface area contributed by atoms with Crippen LogP contribution in [-0.4, -0.2) is 5.71 Å². The Labute approximate surface area is 292 Å². The monoisotopic (exact) mass is 640 g/mol. The molecule has 2 heteroatoms. The molecule has 0 bridgehead atoms. The second-order valence-electron chi connectivity index (χ2n) is 12.6. The van der Waals surface area contributed by atoms with E-state index in [2.05, 4.69) is 146 Å². The van der Waals surface area contributed by atoms with E-state index in [1.165, 1.54) is 71.5 Å². The van der Waals surface area contributed by atoms with Crippen LogP contribution in [0, 0.1) is 5.41 Å². The molecule has 0 atom stereocenters. The van der Waals surface area contributed by atoms with E-state index in [1.807, 2.05) is 31.2 Å². The number of fused-ring (bicyclic) bond motifs is 6. The summed E-state index contributed by atoms with van der Waals surface area (Å²) < 4.78 is 0. The van der Waals surface area contributed by atoms with Gasteiger partial charge < -0.3 is 11.1 Å². The van der Waals surface area contributed by atoms with E-state index >= 15 is 0 Å². The third-order valence-electron chi connectivity index (χ3n) is 9.84. The van der Waals surface area contributed by atoms with E-state index in [-0.39, 0.29) is 0 Å². The summed E-state index contributed by atoms with van der Waals surface area (Å²) in [5.74, 6) is 0. The van der Waals surface area contributed by atoms with Crippen LogP contribution in [0.25, 0.3) is 76.1 Å². The van der Waals surface area contributed by atoms with Gasteiger partial charge in [0.1, 0.15) is 0 Å². The van der Waals surface area contributed by atoms with E-state index in [9.17, 15) is 5.41 Å². The first-order valence-corrected chi connectivity index (χ1v) is 17.0. The highest BCUT2D eigenvalue weighted by atomic mass is 14.5. The number of benzene rings is 8. The summed E-state index contributed by atoms with van der Waals surface area (Å²) in [4.78, 5) is 0. The van der Waals surface area contributed by atoms with Gasteiger partial charge in [0.15, 0.2) is 0 Å². The van der Waals surface area contributed by atoms with Crippen molar-refractivity contribution < 1.29 is 0 Å². The first-order chi connectivity index (χ1) is 24.6.